The lowest BCUT2D eigenvalue weighted by atomic mass is 10.0. The number of phenolic OH excluding ortho intramolecular Hbond substituents is 2. The summed E-state index contributed by atoms with van der Waals surface area (Å²) in [5, 5.41) is 23.4. The molecule has 0 saturated carbocycles. The molecule has 0 atom stereocenters. The molecule has 6 heteroatoms. The number of nitrogens with one attached hydrogen (secondary N) is 1. The number of benzene rings is 2. The maximum Gasteiger partial charge on any atom is 0.259 e. The molecule has 0 radical (unpaired) electrons. The van der Waals surface area contributed by atoms with Gasteiger partial charge in [-0.2, -0.15) is 5.10 Å². The predicted octanol–water partition coefficient (Wildman–Crippen LogP) is 2.39. The van der Waals surface area contributed by atoms with Crippen molar-refractivity contribution in [1.29, 1.82) is 0 Å². The van der Waals surface area contributed by atoms with Gasteiger partial charge in [-0.15, -0.1) is 0 Å². The molecule has 130 valence electrons. The Morgan fingerprint density at radius 3 is 2.88 bits per heavy atom. The molecule has 2 aromatic carbocycles. The number of anilines is 1. The zero-order chi connectivity index (χ0) is 17.8. The van der Waals surface area contributed by atoms with Crippen LogP contribution < -0.4 is 10.3 Å². The number of hydrazone groups is 1. The molecule has 0 unspecified atom stereocenters. The van der Waals surface area contributed by atoms with Gasteiger partial charge in [-0.25, -0.2) is 5.43 Å². The summed E-state index contributed by atoms with van der Waals surface area (Å²) < 4.78 is 0. The maximum atomic E-state index is 12.2. The van der Waals surface area contributed by atoms with E-state index in [2.05, 4.69) is 16.6 Å². The highest BCUT2D eigenvalue weighted by Crippen LogP contribution is 2.26. The lowest BCUT2D eigenvalue weighted by Gasteiger charge is -2.30. The minimum absolute atomic E-state index is 0.00161. The van der Waals surface area contributed by atoms with Gasteiger partial charge in [-0.1, -0.05) is 18.2 Å². The van der Waals surface area contributed by atoms with Crippen molar-refractivity contribution in [2.24, 2.45) is 5.10 Å². The molecular weight excluding hydrogens is 318 g/mol. The second kappa shape index (κ2) is 7.25. The Kier molecular flexibility index (Phi) is 4.88. The summed E-state index contributed by atoms with van der Waals surface area (Å²) in [5.41, 5.74) is 5.66. The Morgan fingerprint density at radius 2 is 2.04 bits per heavy atom. The number of hydrogen-bond acceptors (Lipinski definition) is 5. The predicted molar refractivity (Wildman–Crippen MR) is 97.1 cm³/mol. The van der Waals surface area contributed by atoms with Crippen molar-refractivity contribution in [2.45, 2.75) is 19.8 Å². The molecule has 0 bridgehead atoms. The van der Waals surface area contributed by atoms with Gasteiger partial charge >= 0.3 is 0 Å². The van der Waals surface area contributed by atoms with Crippen LogP contribution in [0.15, 0.2) is 47.6 Å². The largest absolute Gasteiger partial charge is 0.508 e. The Labute approximate surface area is 146 Å². The minimum atomic E-state index is -0.226. The van der Waals surface area contributed by atoms with Crippen molar-refractivity contribution < 1.29 is 15.0 Å². The molecule has 1 heterocycles. The van der Waals surface area contributed by atoms with Crippen LogP contribution in [0.4, 0.5) is 5.69 Å². The van der Waals surface area contributed by atoms with E-state index in [0.717, 1.165) is 25.1 Å². The van der Waals surface area contributed by atoms with E-state index in [-0.39, 0.29) is 24.0 Å². The number of fused-ring (bicyclic) bond motifs is 1. The molecule has 0 aromatic heterocycles. The third kappa shape index (κ3) is 3.91. The first-order valence-electron chi connectivity index (χ1n) is 8.23. The second-order valence-corrected chi connectivity index (χ2v) is 6.09. The number of rotatable bonds is 4. The van der Waals surface area contributed by atoms with E-state index in [9.17, 15) is 15.0 Å². The molecule has 1 aliphatic heterocycles. The van der Waals surface area contributed by atoms with Crippen molar-refractivity contribution in [3.05, 3.63) is 53.6 Å². The SMILES string of the molecule is C/C(=N/NC(=O)CN1CCCc2ccccc21)c1cc(O)ccc1O. The van der Waals surface area contributed by atoms with Gasteiger partial charge in [0, 0.05) is 17.8 Å². The van der Waals surface area contributed by atoms with Crippen LogP contribution in [0.1, 0.15) is 24.5 Å². The quantitative estimate of drug-likeness (QED) is 0.454. The Balaban J connectivity index is 1.66. The molecule has 0 saturated heterocycles. The van der Waals surface area contributed by atoms with Gasteiger partial charge in [-0.05, 0) is 49.6 Å². The van der Waals surface area contributed by atoms with Crippen LogP contribution in [0.5, 0.6) is 11.5 Å². The summed E-state index contributed by atoms with van der Waals surface area (Å²) in [4.78, 5) is 14.3. The summed E-state index contributed by atoms with van der Waals surface area (Å²) in [5.74, 6) is -0.201. The average Bonchev–Trinajstić information content (AvgIpc) is 2.62. The van der Waals surface area contributed by atoms with Crippen molar-refractivity contribution in [3.8, 4) is 11.5 Å². The van der Waals surface area contributed by atoms with Crippen LogP contribution in [0.2, 0.25) is 0 Å². The van der Waals surface area contributed by atoms with Crippen molar-refractivity contribution >= 4 is 17.3 Å². The maximum absolute atomic E-state index is 12.2. The second-order valence-electron chi connectivity index (χ2n) is 6.09. The molecule has 1 aliphatic rings. The fourth-order valence-corrected chi connectivity index (χ4v) is 3.00. The van der Waals surface area contributed by atoms with E-state index < -0.39 is 0 Å². The Morgan fingerprint density at radius 1 is 1.24 bits per heavy atom. The molecule has 1 amide bonds. The van der Waals surface area contributed by atoms with Crippen LogP contribution in [0, 0.1) is 0 Å². The zero-order valence-electron chi connectivity index (χ0n) is 14.1. The standard InChI is InChI=1S/C19H21N3O3/c1-13(16-11-15(23)8-9-18(16)24)20-21-19(25)12-22-10-4-6-14-5-2-3-7-17(14)22/h2-3,5,7-9,11,23-24H,4,6,10,12H2,1H3,(H,21,25)/b20-13-. The minimum Gasteiger partial charge on any atom is -0.508 e. The van der Waals surface area contributed by atoms with Crippen molar-refractivity contribution in [1.82, 2.24) is 5.43 Å². The number of carbonyl (C=O) groups is 1. The topological polar surface area (TPSA) is 85.2 Å². The number of aromatic hydroxyl groups is 2. The van der Waals surface area contributed by atoms with E-state index >= 15 is 0 Å². The molecule has 6 nitrogen and oxygen atoms in total. The Bertz CT molecular complexity index is 817. The molecule has 0 aliphatic carbocycles. The molecular formula is C19H21N3O3. The first kappa shape index (κ1) is 16.8. The first-order chi connectivity index (χ1) is 12.0. The van der Waals surface area contributed by atoms with Crippen molar-refractivity contribution in [3.63, 3.8) is 0 Å². The average molecular weight is 339 g/mol. The van der Waals surface area contributed by atoms with E-state index in [1.807, 2.05) is 23.1 Å². The monoisotopic (exact) mass is 339 g/mol. The number of aryl methyl sites for hydroxylation is 1. The summed E-state index contributed by atoms with van der Waals surface area (Å²) in [6, 6.07) is 12.3. The van der Waals surface area contributed by atoms with E-state index in [1.54, 1.807) is 6.92 Å². The molecule has 3 rings (SSSR count). The lowest BCUT2D eigenvalue weighted by molar-refractivity contribution is -0.119. The number of phenols is 2. The lowest BCUT2D eigenvalue weighted by Crippen LogP contribution is -2.38. The van der Waals surface area contributed by atoms with Gasteiger partial charge in [-0.3, -0.25) is 4.79 Å². The van der Waals surface area contributed by atoms with Crippen LogP contribution >= 0.6 is 0 Å². The van der Waals surface area contributed by atoms with E-state index in [4.69, 9.17) is 0 Å². The summed E-state index contributed by atoms with van der Waals surface area (Å²) >= 11 is 0. The van der Waals surface area contributed by atoms with Crippen LogP contribution in [-0.4, -0.2) is 34.9 Å². The molecule has 3 N–H and O–H groups in total. The third-order valence-corrected chi connectivity index (χ3v) is 4.26. The molecule has 25 heavy (non-hydrogen) atoms. The number of amides is 1. The Hall–Kier alpha value is -3.02. The first-order valence-corrected chi connectivity index (χ1v) is 8.23. The fraction of sp³-hybridized carbons (Fsp3) is 0.263. The van der Waals surface area contributed by atoms with Gasteiger partial charge in [0.2, 0.25) is 0 Å². The van der Waals surface area contributed by atoms with Gasteiger partial charge in [0.1, 0.15) is 11.5 Å². The zero-order valence-corrected chi connectivity index (χ0v) is 14.1. The molecule has 2 aromatic rings. The highest BCUT2D eigenvalue weighted by atomic mass is 16.3. The smallest absolute Gasteiger partial charge is 0.259 e. The summed E-state index contributed by atoms with van der Waals surface area (Å²) in [6.07, 6.45) is 2.05. The van der Waals surface area contributed by atoms with E-state index in [1.165, 1.54) is 23.8 Å². The highest BCUT2D eigenvalue weighted by Gasteiger charge is 2.18. The van der Waals surface area contributed by atoms with Crippen molar-refractivity contribution in [2.75, 3.05) is 18.0 Å². The molecule has 0 fully saturated rings. The highest BCUT2D eigenvalue weighted by molar-refractivity contribution is 6.01. The number of nitrogens with zero attached hydrogens (tertiary/aromatic N) is 2. The third-order valence-electron chi connectivity index (χ3n) is 4.26. The van der Waals surface area contributed by atoms with Crippen LogP contribution in [0.25, 0.3) is 0 Å². The van der Waals surface area contributed by atoms with Gasteiger partial charge in [0.25, 0.3) is 5.91 Å². The van der Waals surface area contributed by atoms with Gasteiger partial charge in [0.05, 0.1) is 12.3 Å². The fourth-order valence-electron chi connectivity index (χ4n) is 3.00. The van der Waals surface area contributed by atoms with Crippen LogP contribution in [-0.2, 0) is 11.2 Å². The van der Waals surface area contributed by atoms with Crippen LogP contribution in [0.3, 0.4) is 0 Å². The summed E-state index contributed by atoms with van der Waals surface area (Å²) in [6.45, 7) is 2.71. The molecule has 0 spiro atoms. The number of para-hydroxylation sites is 1. The number of hydrogen-bond donors (Lipinski definition) is 3. The normalized spacial score (nSPS) is 14.1. The summed E-state index contributed by atoms with van der Waals surface area (Å²) in [7, 11) is 0. The van der Waals surface area contributed by atoms with Gasteiger partial charge < -0.3 is 15.1 Å². The number of carbonyl (C=O) groups excluding carboxylic acids is 1. The van der Waals surface area contributed by atoms with Gasteiger partial charge in [0.15, 0.2) is 0 Å². The van der Waals surface area contributed by atoms with E-state index in [0.29, 0.717) is 11.3 Å².